The van der Waals surface area contributed by atoms with E-state index in [1.807, 2.05) is 0 Å². The zero-order valence-corrected chi connectivity index (χ0v) is 12.1. The number of hydrogen-bond acceptors (Lipinski definition) is 5. The van der Waals surface area contributed by atoms with Crippen LogP contribution in [0, 0.1) is 0 Å². The molecule has 0 aromatic carbocycles. The van der Waals surface area contributed by atoms with Crippen LogP contribution in [0.3, 0.4) is 0 Å². The lowest BCUT2D eigenvalue weighted by Crippen LogP contribution is -2.43. The largest absolute Gasteiger partial charge is 0.355 e. The van der Waals surface area contributed by atoms with E-state index in [-0.39, 0.29) is 10.9 Å². The fourth-order valence-corrected chi connectivity index (χ4v) is 2.99. The van der Waals surface area contributed by atoms with E-state index in [9.17, 15) is 8.42 Å². The minimum atomic E-state index is -3.41. The van der Waals surface area contributed by atoms with Crippen molar-refractivity contribution in [2.24, 2.45) is 5.73 Å². The Morgan fingerprint density at radius 2 is 2.16 bits per heavy atom. The quantitative estimate of drug-likeness (QED) is 0.861. The average molecular weight is 284 g/mol. The Kier molecular flexibility index (Phi) is 4.07. The summed E-state index contributed by atoms with van der Waals surface area (Å²) < 4.78 is 25.0. The van der Waals surface area contributed by atoms with Crippen molar-refractivity contribution in [2.45, 2.75) is 23.8 Å². The summed E-state index contributed by atoms with van der Waals surface area (Å²) >= 11 is 0. The van der Waals surface area contributed by atoms with Crippen molar-refractivity contribution in [1.82, 2.24) is 9.29 Å². The van der Waals surface area contributed by atoms with Gasteiger partial charge in [0.1, 0.15) is 10.7 Å². The van der Waals surface area contributed by atoms with Crippen molar-refractivity contribution in [3.63, 3.8) is 0 Å². The van der Waals surface area contributed by atoms with Crippen molar-refractivity contribution in [1.29, 1.82) is 0 Å². The Labute approximate surface area is 114 Å². The second-order valence-electron chi connectivity index (χ2n) is 4.99. The second-order valence-corrected chi connectivity index (χ2v) is 7.14. The monoisotopic (exact) mass is 284 g/mol. The molecule has 0 aliphatic carbocycles. The van der Waals surface area contributed by atoms with Gasteiger partial charge < -0.3 is 10.6 Å². The summed E-state index contributed by atoms with van der Waals surface area (Å²) in [5.41, 5.74) is 5.93. The Hall–Kier alpha value is -1.18. The predicted molar refractivity (Wildman–Crippen MR) is 74.5 cm³/mol. The number of nitrogens with zero attached hydrogens (tertiary/aromatic N) is 3. The number of nitrogens with two attached hydrogens (primary N) is 1. The first-order chi connectivity index (χ1) is 8.91. The van der Waals surface area contributed by atoms with Crippen molar-refractivity contribution >= 4 is 15.8 Å². The van der Waals surface area contributed by atoms with Crippen LogP contribution in [-0.2, 0) is 10.0 Å². The molecule has 0 bridgehead atoms. The van der Waals surface area contributed by atoms with Gasteiger partial charge in [-0.3, -0.25) is 0 Å². The summed E-state index contributed by atoms with van der Waals surface area (Å²) in [5, 5.41) is 0. The number of pyridine rings is 1. The lowest BCUT2D eigenvalue weighted by atomic mass is 10.1. The molecular formula is C12H20N4O2S. The molecule has 106 valence electrons. The second kappa shape index (κ2) is 5.44. The molecule has 7 heteroatoms. The van der Waals surface area contributed by atoms with Crippen molar-refractivity contribution in [3.05, 3.63) is 18.3 Å². The minimum absolute atomic E-state index is 0.167. The summed E-state index contributed by atoms with van der Waals surface area (Å²) in [6, 6.07) is 3.51. The SMILES string of the molecule is CN(C)S(=O)(=O)c1ccc(N2CCC[C@@H](N)C2)nc1. The maximum Gasteiger partial charge on any atom is 0.244 e. The highest BCUT2D eigenvalue weighted by atomic mass is 32.2. The molecule has 1 aromatic heterocycles. The van der Waals surface area contributed by atoms with Gasteiger partial charge in [0, 0.05) is 39.4 Å². The highest BCUT2D eigenvalue weighted by Gasteiger charge is 2.20. The van der Waals surface area contributed by atoms with E-state index in [1.54, 1.807) is 12.1 Å². The van der Waals surface area contributed by atoms with Crippen LogP contribution < -0.4 is 10.6 Å². The number of piperidine rings is 1. The van der Waals surface area contributed by atoms with Gasteiger partial charge in [-0.1, -0.05) is 0 Å². The molecule has 1 atom stereocenters. The smallest absolute Gasteiger partial charge is 0.244 e. The van der Waals surface area contributed by atoms with Gasteiger partial charge in [-0.05, 0) is 25.0 Å². The van der Waals surface area contributed by atoms with Crippen LogP contribution in [0.1, 0.15) is 12.8 Å². The van der Waals surface area contributed by atoms with Crippen molar-refractivity contribution < 1.29 is 8.42 Å². The Morgan fingerprint density at radius 3 is 2.68 bits per heavy atom. The number of hydrogen-bond donors (Lipinski definition) is 1. The van der Waals surface area contributed by atoms with Crippen LogP contribution >= 0.6 is 0 Å². The van der Waals surface area contributed by atoms with E-state index in [2.05, 4.69) is 9.88 Å². The fourth-order valence-electron chi connectivity index (χ4n) is 2.14. The summed E-state index contributed by atoms with van der Waals surface area (Å²) in [6.07, 6.45) is 3.48. The molecule has 0 amide bonds. The average Bonchev–Trinajstić information content (AvgIpc) is 2.38. The third kappa shape index (κ3) is 3.05. The summed E-state index contributed by atoms with van der Waals surface area (Å²) in [5.74, 6) is 0.785. The number of aromatic nitrogens is 1. The molecule has 1 aliphatic heterocycles. The Bertz CT molecular complexity index is 527. The fraction of sp³-hybridized carbons (Fsp3) is 0.583. The first-order valence-electron chi connectivity index (χ1n) is 6.30. The van der Waals surface area contributed by atoms with Crippen LogP contribution in [-0.4, -0.2) is 50.9 Å². The number of anilines is 1. The minimum Gasteiger partial charge on any atom is -0.355 e. The molecule has 0 unspecified atom stereocenters. The van der Waals surface area contributed by atoms with Gasteiger partial charge in [0.2, 0.25) is 10.0 Å². The van der Waals surface area contributed by atoms with E-state index in [0.717, 1.165) is 31.7 Å². The van der Waals surface area contributed by atoms with Gasteiger partial charge in [0.15, 0.2) is 0 Å². The number of sulfonamides is 1. The molecule has 1 saturated heterocycles. The van der Waals surface area contributed by atoms with Crippen LogP contribution in [0.25, 0.3) is 0 Å². The molecule has 0 saturated carbocycles. The maximum atomic E-state index is 11.9. The zero-order chi connectivity index (χ0) is 14.0. The predicted octanol–water partition coefficient (Wildman–Crippen LogP) is 0.259. The third-order valence-corrected chi connectivity index (χ3v) is 5.08. The van der Waals surface area contributed by atoms with E-state index in [1.165, 1.54) is 24.6 Å². The molecule has 19 heavy (non-hydrogen) atoms. The first-order valence-corrected chi connectivity index (χ1v) is 7.74. The van der Waals surface area contributed by atoms with Gasteiger partial charge in [-0.25, -0.2) is 17.7 Å². The molecule has 0 spiro atoms. The molecule has 2 rings (SSSR count). The maximum absolute atomic E-state index is 11.9. The molecule has 0 radical (unpaired) electrons. The van der Waals surface area contributed by atoms with Crippen LogP contribution in [0.2, 0.25) is 0 Å². The van der Waals surface area contributed by atoms with Crippen LogP contribution in [0.4, 0.5) is 5.82 Å². The first kappa shape index (κ1) is 14.2. The molecule has 2 heterocycles. The van der Waals surface area contributed by atoms with E-state index in [4.69, 9.17) is 5.73 Å². The highest BCUT2D eigenvalue weighted by Crippen LogP contribution is 2.19. The van der Waals surface area contributed by atoms with Crippen molar-refractivity contribution in [3.8, 4) is 0 Å². The standard InChI is InChI=1S/C12H20N4O2S/c1-15(2)19(17,18)11-5-6-12(14-8-11)16-7-3-4-10(13)9-16/h5-6,8,10H,3-4,7,9,13H2,1-2H3/t10-/m1/s1. The lowest BCUT2D eigenvalue weighted by molar-refractivity contribution is 0.502. The van der Waals surface area contributed by atoms with E-state index in [0.29, 0.717) is 0 Å². The summed E-state index contributed by atoms with van der Waals surface area (Å²) in [4.78, 5) is 6.56. The van der Waals surface area contributed by atoms with Gasteiger partial charge in [-0.2, -0.15) is 0 Å². The van der Waals surface area contributed by atoms with Gasteiger partial charge in [-0.15, -0.1) is 0 Å². The molecule has 1 aliphatic rings. The molecule has 6 nitrogen and oxygen atoms in total. The van der Waals surface area contributed by atoms with Crippen LogP contribution in [0.15, 0.2) is 23.2 Å². The van der Waals surface area contributed by atoms with Gasteiger partial charge in [0.05, 0.1) is 0 Å². The topological polar surface area (TPSA) is 79.5 Å². The van der Waals surface area contributed by atoms with Gasteiger partial charge >= 0.3 is 0 Å². The Morgan fingerprint density at radius 1 is 1.42 bits per heavy atom. The molecule has 2 N–H and O–H groups in total. The zero-order valence-electron chi connectivity index (χ0n) is 11.3. The third-order valence-electron chi connectivity index (χ3n) is 3.28. The summed E-state index contributed by atoms with van der Waals surface area (Å²) in [6.45, 7) is 1.69. The van der Waals surface area contributed by atoms with Gasteiger partial charge in [0.25, 0.3) is 0 Å². The highest BCUT2D eigenvalue weighted by molar-refractivity contribution is 7.89. The lowest BCUT2D eigenvalue weighted by Gasteiger charge is -2.31. The van der Waals surface area contributed by atoms with Crippen molar-refractivity contribution in [2.75, 3.05) is 32.1 Å². The van der Waals surface area contributed by atoms with Crippen LogP contribution in [0.5, 0.6) is 0 Å². The molecular weight excluding hydrogens is 264 g/mol. The number of rotatable bonds is 3. The van der Waals surface area contributed by atoms with E-state index >= 15 is 0 Å². The molecule has 1 aromatic rings. The Balaban J connectivity index is 2.19. The molecule has 1 fully saturated rings. The normalized spacial score (nSPS) is 20.8. The van der Waals surface area contributed by atoms with E-state index < -0.39 is 10.0 Å². The summed E-state index contributed by atoms with van der Waals surface area (Å²) in [7, 11) is -0.394.